The largest absolute Gasteiger partial charge is 0.388 e. The van der Waals surface area contributed by atoms with Gasteiger partial charge in [0.2, 0.25) is 0 Å². The summed E-state index contributed by atoms with van der Waals surface area (Å²) in [6.45, 7) is 0.759. The maximum atomic E-state index is 10.4. The Labute approximate surface area is 96.5 Å². The number of aliphatic hydroxyl groups is 1. The van der Waals surface area contributed by atoms with Crippen LogP contribution >= 0.6 is 0 Å². The Kier molecular flexibility index (Phi) is 2.51. The molecule has 0 unspecified atom stereocenters. The Hall–Kier alpha value is -0.830. The van der Waals surface area contributed by atoms with Gasteiger partial charge in [0.25, 0.3) is 0 Å². The molecule has 0 aliphatic heterocycles. The smallest absolute Gasteiger partial charge is 0.0952 e. The first-order valence-corrected chi connectivity index (χ1v) is 6.52. The van der Waals surface area contributed by atoms with Crippen LogP contribution in [0, 0.1) is 0 Å². The van der Waals surface area contributed by atoms with E-state index < -0.39 is 5.60 Å². The predicted octanol–water partition coefficient (Wildman–Crippen LogP) is 2.07. The second-order valence-corrected chi connectivity index (χ2v) is 5.40. The molecule has 1 fully saturated rings. The van der Waals surface area contributed by atoms with Crippen molar-refractivity contribution >= 4 is 0 Å². The van der Waals surface area contributed by atoms with Crippen LogP contribution in [0.2, 0.25) is 0 Å². The summed E-state index contributed by atoms with van der Waals surface area (Å²) in [7, 11) is 0. The third-order valence-electron chi connectivity index (χ3n) is 4.11. The molecule has 3 heteroatoms. The molecule has 88 valence electrons. The molecule has 1 aromatic rings. The average Bonchev–Trinajstić information content (AvgIpc) is 2.87. The van der Waals surface area contributed by atoms with Crippen molar-refractivity contribution in [3.63, 3.8) is 0 Å². The Balaban J connectivity index is 1.81. The van der Waals surface area contributed by atoms with Crippen molar-refractivity contribution in [2.24, 2.45) is 0 Å². The van der Waals surface area contributed by atoms with Crippen molar-refractivity contribution < 1.29 is 5.11 Å². The number of rotatable bonds is 2. The van der Waals surface area contributed by atoms with E-state index in [1.807, 2.05) is 6.33 Å². The predicted molar refractivity (Wildman–Crippen MR) is 62.3 cm³/mol. The standard InChI is InChI=1S/C13H20N2O/c16-13(7-3-4-8-13)9-15-10-14-11-5-1-2-6-12(11)15/h10,16H,1-9H2. The monoisotopic (exact) mass is 220 g/mol. The molecule has 0 radical (unpaired) electrons. The number of fused-ring (bicyclic) bond motifs is 1. The van der Waals surface area contributed by atoms with Crippen LogP contribution in [-0.2, 0) is 19.4 Å². The fourth-order valence-corrected chi connectivity index (χ4v) is 3.18. The molecule has 0 saturated heterocycles. The summed E-state index contributed by atoms with van der Waals surface area (Å²) < 4.78 is 2.21. The number of aromatic nitrogens is 2. The molecule has 1 aromatic heterocycles. The molecule has 0 bridgehead atoms. The molecule has 0 spiro atoms. The van der Waals surface area contributed by atoms with Gasteiger partial charge in [-0.25, -0.2) is 4.98 Å². The molecular weight excluding hydrogens is 200 g/mol. The zero-order valence-electron chi connectivity index (χ0n) is 9.78. The number of hydrogen-bond acceptors (Lipinski definition) is 2. The third kappa shape index (κ3) is 1.77. The van der Waals surface area contributed by atoms with Crippen LogP contribution in [0.5, 0.6) is 0 Å². The molecule has 2 aliphatic rings. The van der Waals surface area contributed by atoms with Crippen LogP contribution in [-0.4, -0.2) is 20.3 Å². The summed E-state index contributed by atoms with van der Waals surface area (Å²) in [5, 5.41) is 10.4. The van der Waals surface area contributed by atoms with E-state index in [2.05, 4.69) is 9.55 Å². The maximum absolute atomic E-state index is 10.4. The summed E-state index contributed by atoms with van der Waals surface area (Å²) in [5.74, 6) is 0. The van der Waals surface area contributed by atoms with Crippen LogP contribution in [0.15, 0.2) is 6.33 Å². The first-order chi connectivity index (χ1) is 7.77. The van der Waals surface area contributed by atoms with Gasteiger partial charge in [0.1, 0.15) is 0 Å². The van der Waals surface area contributed by atoms with Crippen molar-refractivity contribution in [3.05, 3.63) is 17.7 Å². The van der Waals surface area contributed by atoms with Crippen molar-refractivity contribution in [1.82, 2.24) is 9.55 Å². The zero-order valence-corrected chi connectivity index (χ0v) is 9.78. The summed E-state index contributed by atoms with van der Waals surface area (Å²) in [6.07, 6.45) is 11.0. The first-order valence-electron chi connectivity index (χ1n) is 6.52. The molecule has 1 heterocycles. The molecule has 0 atom stereocenters. The number of hydrogen-bond donors (Lipinski definition) is 1. The molecule has 16 heavy (non-hydrogen) atoms. The normalized spacial score (nSPS) is 23.3. The molecule has 0 amide bonds. The SMILES string of the molecule is OC1(Cn2cnc3c2CCCC3)CCCC1. The van der Waals surface area contributed by atoms with Gasteiger partial charge in [0, 0.05) is 5.69 Å². The molecular formula is C13H20N2O. The van der Waals surface area contributed by atoms with Crippen LogP contribution in [0.3, 0.4) is 0 Å². The van der Waals surface area contributed by atoms with E-state index in [0.29, 0.717) is 0 Å². The molecule has 1 N–H and O–H groups in total. The van der Waals surface area contributed by atoms with E-state index in [1.165, 1.54) is 37.1 Å². The lowest BCUT2D eigenvalue weighted by molar-refractivity contribution is 0.0291. The highest BCUT2D eigenvalue weighted by Crippen LogP contribution is 2.32. The highest BCUT2D eigenvalue weighted by Gasteiger charge is 2.32. The van der Waals surface area contributed by atoms with Crippen molar-refractivity contribution in [1.29, 1.82) is 0 Å². The Morgan fingerprint density at radius 3 is 2.75 bits per heavy atom. The summed E-state index contributed by atoms with van der Waals surface area (Å²) in [4.78, 5) is 4.48. The van der Waals surface area contributed by atoms with Gasteiger partial charge in [-0.1, -0.05) is 12.8 Å². The Morgan fingerprint density at radius 1 is 1.19 bits per heavy atom. The second kappa shape index (κ2) is 3.88. The van der Waals surface area contributed by atoms with Crippen LogP contribution < -0.4 is 0 Å². The lowest BCUT2D eigenvalue weighted by Gasteiger charge is -2.24. The fourth-order valence-electron chi connectivity index (χ4n) is 3.18. The lowest BCUT2D eigenvalue weighted by atomic mass is 9.99. The van der Waals surface area contributed by atoms with Crippen molar-refractivity contribution in [2.45, 2.75) is 63.5 Å². The van der Waals surface area contributed by atoms with E-state index >= 15 is 0 Å². The van der Waals surface area contributed by atoms with E-state index in [1.54, 1.807) is 0 Å². The van der Waals surface area contributed by atoms with Gasteiger partial charge >= 0.3 is 0 Å². The van der Waals surface area contributed by atoms with Gasteiger partial charge in [-0.15, -0.1) is 0 Å². The Morgan fingerprint density at radius 2 is 1.94 bits per heavy atom. The van der Waals surface area contributed by atoms with Crippen LogP contribution in [0.1, 0.15) is 49.9 Å². The van der Waals surface area contributed by atoms with Crippen molar-refractivity contribution in [3.8, 4) is 0 Å². The summed E-state index contributed by atoms with van der Waals surface area (Å²) >= 11 is 0. The number of nitrogens with zero attached hydrogens (tertiary/aromatic N) is 2. The first kappa shape index (κ1) is 10.3. The quantitative estimate of drug-likeness (QED) is 0.828. The van der Waals surface area contributed by atoms with Crippen LogP contribution in [0.25, 0.3) is 0 Å². The van der Waals surface area contributed by atoms with Crippen LogP contribution in [0.4, 0.5) is 0 Å². The van der Waals surface area contributed by atoms with Gasteiger partial charge < -0.3 is 9.67 Å². The van der Waals surface area contributed by atoms with Crippen molar-refractivity contribution in [2.75, 3.05) is 0 Å². The second-order valence-electron chi connectivity index (χ2n) is 5.40. The summed E-state index contributed by atoms with van der Waals surface area (Å²) in [5.41, 5.74) is 2.20. The van der Waals surface area contributed by atoms with E-state index in [9.17, 15) is 5.11 Å². The molecule has 1 saturated carbocycles. The maximum Gasteiger partial charge on any atom is 0.0952 e. The fraction of sp³-hybridized carbons (Fsp3) is 0.769. The molecule has 3 rings (SSSR count). The van der Waals surface area contributed by atoms with Gasteiger partial charge in [-0.2, -0.15) is 0 Å². The van der Waals surface area contributed by atoms with E-state index in [4.69, 9.17) is 0 Å². The zero-order chi connectivity index (χ0) is 11.0. The molecule has 2 aliphatic carbocycles. The van der Waals surface area contributed by atoms with Gasteiger partial charge in [0.05, 0.1) is 24.2 Å². The molecule has 3 nitrogen and oxygen atoms in total. The minimum absolute atomic E-state index is 0.452. The topological polar surface area (TPSA) is 38.0 Å². The van der Waals surface area contributed by atoms with Gasteiger partial charge in [-0.3, -0.25) is 0 Å². The van der Waals surface area contributed by atoms with E-state index in [-0.39, 0.29) is 0 Å². The lowest BCUT2D eigenvalue weighted by Crippen LogP contribution is -2.31. The minimum atomic E-state index is -0.452. The highest BCUT2D eigenvalue weighted by atomic mass is 16.3. The minimum Gasteiger partial charge on any atom is -0.388 e. The number of aryl methyl sites for hydroxylation is 1. The Bertz CT molecular complexity index is 377. The third-order valence-corrected chi connectivity index (χ3v) is 4.11. The van der Waals surface area contributed by atoms with Gasteiger partial charge in [-0.05, 0) is 38.5 Å². The summed E-state index contributed by atoms with van der Waals surface area (Å²) in [6, 6.07) is 0. The molecule has 0 aromatic carbocycles. The van der Waals surface area contributed by atoms with Gasteiger partial charge in [0.15, 0.2) is 0 Å². The number of imidazole rings is 1. The average molecular weight is 220 g/mol. The van der Waals surface area contributed by atoms with E-state index in [0.717, 1.165) is 32.2 Å². The highest BCUT2D eigenvalue weighted by molar-refractivity contribution is 5.16.